The Kier molecular flexibility index (Phi) is 3.66. The van der Waals surface area contributed by atoms with E-state index in [9.17, 15) is 4.79 Å². The van der Waals surface area contributed by atoms with Crippen molar-refractivity contribution in [3.8, 4) is 12.3 Å². The van der Waals surface area contributed by atoms with E-state index in [2.05, 4.69) is 11.2 Å². The minimum absolute atomic E-state index is 0.180. The maximum atomic E-state index is 11.4. The normalized spacial score (nSPS) is 22.1. The number of alkyl carbamates (subject to hydrolysis) is 1. The lowest BCUT2D eigenvalue weighted by molar-refractivity contribution is 0.126. The Bertz CT molecular complexity index is 416. The fourth-order valence-corrected chi connectivity index (χ4v) is 1.80. The first-order valence-corrected chi connectivity index (χ1v) is 5.71. The second-order valence-electron chi connectivity index (χ2n) is 4.24. The molecule has 0 unspecified atom stereocenters. The highest BCUT2D eigenvalue weighted by atomic mass is 16.5. The number of hydrogen-bond donors (Lipinski definition) is 1. The van der Waals surface area contributed by atoms with Gasteiger partial charge in [0.2, 0.25) is 0 Å². The number of nitrogens with one attached hydrogen (secondary N) is 1. The molecule has 3 nitrogen and oxygen atoms in total. The summed E-state index contributed by atoms with van der Waals surface area (Å²) in [5.41, 5.74) is 0.984. The molecule has 0 bridgehead atoms. The zero-order chi connectivity index (χ0) is 12.1. The summed E-state index contributed by atoms with van der Waals surface area (Å²) >= 11 is 0. The first-order valence-electron chi connectivity index (χ1n) is 5.71. The summed E-state index contributed by atoms with van der Waals surface area (Å²) in [4.78, 5) is 11.4. The lowest BCUT2D eigenvalue weighted by Crippen LogP contribution is -2.44. The molecule has 1 amide bonds. The zero-order valence-corrected chi connectivity index (χ0v) is 9.56. The van der Waals surface area contributed by atoms with Crippen LogP contribution in [0.2, 0.25) is 0 Å². The predicted molar refractivity (Wildman–Crippen MR) is 65.1 cm³/mol. The van der Waals surface area contributed by atoms with E-state index < -0.39 is 0 Å². The Hall–Kier alpha value is -1.95. The van der Waals surface area contributed by atoms with Crippen LogP contribution in [-0.2, 0) is 11.3 Å². The van der Waals surface area contributed by atoms with Gasteiger partial charge in [-0.2, -0.15) is 0 Å². The average molecular weight is 229 g/mol. The molecule has 0 atom stereocenters. The van der Waals surface area contributed by atoms with Gasteiger partial charge in [0, 0.05) is 12.0 Å². The molecule has 3 heteroatoms. The van der Waals surface area contributed by atoms with Crippen molar-refractivity contribution in [3.63, 3.8) is 0 Å². The third kappa shape index (κ3) is 3.25. The van der Waals surface area contributed by atoms with E-state index in [1.165, 1.54) is 0 Å². The Morgan fingerprint density at radius 2 is 2.12 bits per heavy atom. The maximum absolute atomic E-state index is 11.4. The number of ether oxygens (including phenoxy) is 1. The minimum Gasteiger partial charge on any atom is -0.445 e. The van der Waals surface area contributed by atoms with E-state index in [1.807, 2.05) is 30.3 Å². The van der Waals surface area contributed by atoms with E-state index in [-0.39, 0.29) is 12.1 Å². The van der Waals surface area contributed by atoms with Gasteiger partial charge < -0.3 is 10.1 Å². The maximum Gasteiger partial charge on any atom is 0.407 e. The van der Waals surface area contributed by atoms with Crippen LogP contribution >= 0.6 is 0 Å². The summed E-state index contributed by atoms with van der Waals surface area (Å²) in [5.74, 6) is 2.98. The number of terminal acetylenes is 1. The van der Waals surface area contributed by atoms with Gasteiger partial charge in [-0.05, 0) is 18.4 Å². The molecule has 0 aliphatic heterocycles. The molecular formula is C14H15NO2. The van der Waals surface area contributed by atoms with Gasteiger partial charge in [-0.3, -0.25) is 0 Å². The molecule has 0 heterocycles. The molecule has 1 N–H and O–H groups in total. The summed E-state index contributed by atoms with van der Waals surface area (Å²) in [6.45, 7) is 0.304. The molecule has 88 valence electrons. The second kappa shape index (κ2) is 5.40. The van der Waals surface area contributed by atoms with Crippen molar-refractivity contribution in [2.45, 2.75) is 25.5 Å². The molecule has 1 aromatic carbocycles. The van der Waals surface area contributed by atoms with E-state index in [0.717, 1.165) is 18.4 Å². The van der Waals surface area contributed by atoms with Crippen LogP contribution in [0.3, 0.4) is 0 Å². The summed E-state index contributed by atoms with van der Waals surface area (Å²) in [6.07, 6.45) is 6.62. The largest absolute Gasteiger partial charge is 0.445 e. The highest BCUT2D eigenvalue weighted by Crippen LogP contribution is 2.26. The van der Waals surface area contributed by atoms with Crippen LogP contribution in [0.5, 0.6) is 0 Å². The monoisotopic (exact) mass is 229 g/mol. The van der Waals surface area contributed by atoms with Crippen molar-refractivity contribution in [1.82, 2.24) is 5.32 Å². The first kappa shape index (κ1) is 11.5. The van der Waals surface area contributed by atoms with Gasteiger partial charge in [-0.1, -0.05) is 30.3 Å². The quantitative estimate of drug-likeness (QED) is 0.808. The summed E-state index contributed by atoms with van der Waals surface area (Å²) < 4.78 is 5.10. The molecule has 1 saturated carbocycles. The highest BCUT2D eigenvalue weighted by Gasteiger charge is 2.28. The topological polar surface area (TPSA) is 38.3 Å². The standard InChI is InChI=1S/C14H15NO2/c1-2-11-8-13(9-11)15-14(16)17-10-12-6-4-3-5-7-12/h1,3-7,11,13H,8-10H2,(H,15,16). The number of benzene rings is 1. The van der Waals surface area contributed by atoms with Gasteiger partial charge in [0.15, 0.2) is 0 Å². The highest BCUT2D eigenvalue weighted by molar-refractivity contribution is 5.67. The summed E-state index contributed by atoms with van der Waals surface area (Å²) in [5, 5.41) is 2.79. The lowest BCUT2D eigenvalue weighted by Gasteiger charge is -2.31. The Balaban J connectivity index is 1.67. The molecule has 0 saturated heterocycles. The predicted octanol–water partition coefficient (Wildman–Crippen LogP) is 2.32. The fourth-order valence-electron chi connectivity index (χ4n) is 1.80. The number of carbonyl (C=O) groups excluding carboxylic acids is 1. The molecule has 1 fully saturated rings. The van der Waals surface area contributed by atoms with Crippen LogP contribution in [0, 0.1) is 18.3 Å². The van der Waals surface area contributed by atoms with Crippen LogP contribution in [0.1, 0.15) is 18.4 Å². The van der Waals surface area contributed by atoms with Crippen molar-refractivity contribution in [2.75, 3.05) is 0 Å². The van der Waals surface area contributed by atoms with Crippen LogP contribution in [0.15, 0.2) is 30.3 Å². The van der Waals surface area contributed by atoms with Gasteiger partial charge in [-0.25, -0.2) is 4.79 Å². The number of carbonyl (C=O) groups is 1. The van der Waals surface area contributed by atoms with Gasteiger partial charge in [0.1, 0.15) is 6.61 Å². The summed E-state index contributed by atoms with van der Waals surface area (Å²) in [6, 6.07) is 9.79. The summed E-state index contributed by atoms with van der Waals surface area (Å²) in [7, 11) is 0. The number of rotatable bonds is 3. The van der Waals surface area contributed by atoms with Gasteiger partial charge in [-0.15, -0.1) is 12.3 Å². The Morgan fingerprint density at radius 3 is 2.76 bits per heavy atom. The molecule has 2 rings (SSSR count). The van der Waals surface area contributed by atoms with E-state index in [1.54, 1.807) is 0 Å². The molecular weight excluding hydrogens is 214 g/mol. The van der Waals surface area contributed by atoms with Crippen molar-refractivity contribution in [1.29, 1.82) is 0 Å². The minimum atomic E-state index is -0.366. The average Bonchev–Trinajstić information content (AvgIpc) is 2.32. The third-order valence-corrected chi connectivity index (χ3v) is 2.91. The fraction of sp³-hybridized carbons (Fsp3) is 0.357. The van der Waals surface area contributed by atoms with Crippen LogP contribution < -0.4 is 5.32 Å². The van der Waals surface area contributed by atoms with Crippen molar-refractivity contribution in [2.24, 2.45) is 5.92 Å². The lowest BCUT2D eigenvalue weighted by atomic mass is 9.81. The van der Waals surface area contributed by atoms with E-state index >= 15 is 0 Å². The molecule has 1 aliphatic rings. The second-order valence-corrected chi connectivity index (χ2v) is 4.24. The van der Waals surface area contributed by atoms with E-state index in [0.29, 0.717) is 12.5 Å². The zero-order valence-electron chi connectivity index (χ0n) is 9.56. The first-order chi connectivity index (χ1) is 8.28. The molecule has 17 heavy (non-hydrogen) atoms. The smallest absolute Gasteiger partial charge is 0.407 e. The molecule has 1 aromatic rings. The Labute approximate surface area is 101 Å². The van der Waals surface area contributed by atoms with Crippen LogP contribution in [0.25, 0.3) is 0 Å². The van der Waals surface area contributed by atoms with Crippen molar-refractivity contribution in [3.05, 3.63) is 35.9 Å². The van der Waals surface area contributed by atoms with Crippen molar-refractivity contribution >= 4 is 6.09 Å². The molecule has 0 radical (unpaired) electrons. The molecule has 0 aromatic heterocycles. The Morgan fingerprint density at radius 1 is 1.41 bits per heavy atom. The third-order valence-electron chi connectivity index (χ3n) is 2.91. The number of amides is 1. The van der Waals surface area contributed by atoms with Crippen molar-refractivity contribution < 1.29 is 9.53 Å². The molecule has 0 spiro atoms. The van der Waals surface area contributed by atoms with Crippen LogP contribution in [0.4, 0.5) is 4.79 Å². The van der Waals surface area contributed by atoms with E-state index in [4.69, 9.17) is 11.2 Å². The van der Waals surface area contributed by atoms with Crippen LogP contribution in [-0.4, -0.2) is 12.1 Å². The number of hydrogen-bond acceptors (Lipinski definition) is 2. The van der Waals surface area contributed by atoms with Gasteiger partial charge in [0.05, 0.1) is 0 Å². The molecule has 1 aliphatic carbocycles. The van der Waals surface area contributed by atoms with Gasteiger partial charge >= 0.3 is 6.09 Å². The van der Waals surface area contributed by atoms with Gasteiger partial charge in [0.25, 0.3) is 0 Å². The SMILES string of the molecule is C#CC1CC(NC(=O)OCc2ccccc2)C1.